The van der Waals surface area contributed by atoms with E-state index in [2.05, 4.69) is 311 Å². The van der Waals surface area contributed by atoms with Gasteiger partial charge in [0.05, 0.1) is 16.8 Å². The van der Waals surface area contributed by atoms with Crippen LogP contribution in [-0.4, -0.2) is 23.1 Å². The molecule has 0 saturated carbocycles. The third-order valence-electron chi connectivity index (χ3n) is 16.9. The van der Waals surface area contributed by atoms with Gasteiger partial charge in [0.25, 0.3) is 0 Å². The molecule has 0 radical (unpaired) electrons. The summed E-state index contributed by atoms with van der Waals surface area (Å²) >= 11 is 0. The highest BCUT2D eigenvalue weighted by atomic mass is 32.2. The van der Waals surface area contributed by atoms with E-state index < -0.39 is 22.5 Å². The largest absolute Gasteiger partial charge is 0.344 e. The van der Waals surface area contributed by atoms with Crippen molar-refractivity contribution in [3.05, 3.63) is 341 Å². The third-order valence-corrected chi connectivity index (χ3v) is 19.7. The zero-order valence-electron chi connectivity index (χ0n) is 47.0. The molecule has 0 amide bonds. The average Bonchev–Trinajstić information content (AvgIpc) is 1.70. The van der Waals surface area contributed by atoms with Crippen LogP contribution in [0.3, 0.4) is 0 Å². The summed E-state index contributed by atoms with van der Waals surface area (Å²) in [6.45, 7) is 10.9. The van der Waals surface area contributed by atoms with Crippen LogP contribution >= 0.6 is 10.9 Å². The second kappa shape index (κ2) is 21.7. The number of allylic oxidation sites excluding steroid dienone is 4. The number of fused-ring (bicyclic) bond motifs is 9. The minimum Gasteiger partial charge on any atom is -0.344 e. The predicted molar refractivity (Wildman–Crippen MR) is 351 cm³/mol. The first-order chi connectivity index (χ1) is 40.9. The highest BCUT2D eigenvalue weighted by Gasteiger charge is 2.51. The van der Waals surface area contributed by atoms with Crippen LogP contribution < -0.4 is 10.2 Å². The summed E-state index contributed by atoms with van der Waals surface area (Å²) in [4.78, 5) is 16.1. The molecule has 83 heavy (non-hydrogen) atoms. The van der Waals surface area contributed by atoms with Crippen molar-refractivity contribution in [1.82, 2.24) is 5.32 Å². The summed E-state index contributed by atoms with van der Waals surface area (Å²) in [7, 11) is -0.856. The van der Waals surface area contributed by atoms with E-state index in [1.165, 1.54) is 71.3 Å². The van der Waals surface area contributed by atoms with Crippen molar-refractivity contribution < 1.29 is 0 Å². The summed E-state index contributed by atoms with van der Waals surface area (Å²) in [6.07, 6.45) is 9.52. The number of aryl methyl sites for hydroxylation is 1. The van der Waals surface area contributed by atoms with Crippen LogP contribution in [-0.2, 0) is 5.41 Å². The van der Waals surface area contributed by atoms with E-state index >= 15 is 0 Å². The zero-order chi connectivity index (χ0) is 56.0. The SMILES string of the molecule is C=C/C(=C\C(C)C)C1N=C(c2ccccc2C)N=C(c2cc(C3=C(c4ccccc4)C([SH](c4ccccc4)c4ccccc4)CC=C3)cc(-c3ccc4c(c3)C3(c5ccccc5-4)c4ccccc4N(c4ccccc4)c4ccccc43)c2)N1. The zero-order valence-corrected chi connectivity index (χ0v) is 47.9. The van der Waals surface area contributed by atoms with Gasteiger partial charge in [0, 0.05) is 22.1 Å². The number of benzene rings is 10. The van der Waals surface area contributed by atoms with Gasteiger partial charge >= 0.3 is 0 Å². The van der Waals surface area contributed by atoms with Crippen molar-refractivity contribution in [3.8, 4) is 22.3 Å². The maximum atomic E-state index is 5.54. The van der Waals surface area contributed by atoms with Crippen molar-refractivity contribution in [1.29, 1.82) is 0 Å². The number of nitrogens with zero attached hydrogens (tertiary/aromatic N) is 3. The first kappa shape index (κ1) is 51.6. The standard InChI is InChI=1S/C78H64N4S/c1-5-54(47-52(2)3)75-79-76(81-77(80-75)63-36-19-18-27-53(63)4)59-49-57(48-58(50-59)64-38-26-44-73(74(64)55-28-10-6-11-29-55)83(61-32-14-8-15-33-61)62-34-16-9-17-35-62)56-45-46-66-65-37-20-21-39-67(65)78(70(66)51-56)68-40-22-24-42-71(68)82(60-30-12-7-13-31-60)72-43-25-23-41-69(72)78/h5-43,45-52,73,75,83H,1,44H2,2-4H3,(H,79,80,81)/b54-47+. The smallest absolute Gasteiger partial charge is 0.159 e. The van der Waals surface area contributed by atoms with E-state index in [4.69, 9.17) is 9.98 Å². The van der Waals surface area contributed by atoms with Crippen molar-refractivity contribution in [2.75, 3.05) is 4.90 Å². The first-order valence-electron chi connectivity index (χ1n) is 29.0. The highest BCUT2D eigenvalue weighted by Crippen LogP contribution is 2.64. The van der Waals surface area contributed by atoms with Gasteiger partial charge < -0.3 is 10.2 Å². The second-order valence-corrected chi connectivity index (χ2v) is 24.7. The van der Waals surface area contributed by atoms with Crippen LogP contribution in [0.15, 0.2) is 311 Å². The maximum absolute atomic E-state index is 5.54. The fraction of sp³-hybridized carbons (Fsp3) is 0.103. The Morgan fingerprint density at radius 2 is 1.11 bits per heavy atom. The molecule has 0 fully saturated rings. The lowest BCUT2D eigenvalue weighted by Gasteiger charge is -2.45. The predicted octanol–water partition coefficient (Wildman–Crippen LogP) is 19.1. The van der Waals surface area contributed by atoms with Gasteiger partial charge in [-0.15, -0.1) is 0 Å². The molecule has 10 aromatic carbocycles. The van der Waals surface area contributed by atoms with E-state index in [1.807, 2.05) is 6.08 Å². The van der Waals surface area contributed by atoms with E-state index in [-0.39, 0.29) is 11.2 Å². The molecule has 2 aliphatic carbocycles. The van der Waals surface area contributed by atoms with Gasteiger partial charge in [-0.2, -0.15) is 10.9 Å². The first-order valence-corrected chi connectivity index (χ1v) is 30.4. The molecule has 0 bridgehead atoms. The highest BCUT2D eigenvalue weighted by molar-refractivity contribution is 8.18. The van der Waals surface area contributed by atoms with Crippen LogP contribution in [0.4, 0.5) is 17.1 Å². The molecule has 2 aliphatic heterocycles. The summed E-state index contributed by atoms with van der Waals surface area (Å²) in [5, 5.41) is 4.07. The number of thiol groups is 1. The Balaban J connectivity index is 1.03. The second-order valence-electron chi connectivity index (χ2n) is 22.3. The average molecular weight is 1090 g/mol. The van der Waals surface area contributed by atoms with Gasteiger partial charge in [-0.05, 0) is 180 Å². The monoisotopic (exact) mass is 1090 g/mol. The Morgan fingerprint density at radius 3 is 1.76 bits per heavy atom. The van der Waals surface area contributed by atoms with Crippen LogP contribution in [0.1, 0.15) is 70.3 Å². The summed E-state index contributed by atoms with van der Waals surface area (Å²) in [5.74, 6) is 1.74. The third kappa shape index (κ3) is 9.04. The van der Waals surface area contributed by atoms with E-state index in [9.17, 15) is 0 Å². The van der Waals surface area contributed by atoms with Crippen molar-refractivity contribution >= 4 is 50.8 Å². The topological polar surface area (TPSA) is 40.0 Å². The fourth-order valence-electron chi connectivity index (χ4n) is 13.4. The molecule has 0 aromatic heterocycles. The van der Waals surface area contributed by atoms with E-state index in [0.29, 0.717) is 5.84 Å². The number of anilines is 3. The number of para-hydroxylation sites is 3. The minimum atomic E-state index is -0.856. The Hall–Kier alpha value is -9.55. The molecule has 2 atom stereocenters. The van der Waals surface area contributed by atoms with Crippen LogP contribution in [0.2, 0.25) is 0 Å². The molecule has 4 nitrogen and oxygen atoms in total. The number of amidine groups is 2. The summed E-state index contributed by atoms with van der Waals surface area (Å²) in [5.41, 5.74) is 21.7. The normalized spacial score (nSPS) is 16.7. The fourth-order valence-corrected chi connectivity index (χ4v) is 16.3. The van der Waals surface area contributed by atoms with Gasteiger partial charge in [0.1, 0.15) is 12.0 Å². The van der Waals surface area contributed by atoms with E-state index in [0.717, 1.165) is 56.9 Å². The Bertz CT molecular complexity index is 4200. The van der Waals surface area contributed by atoms with Crippen LogP contribution in [0.5, 0.6) is 0 Å². The molecule has 402 valence electrons. The molecular weight excluding hydrogens is 1020 g/mol. The van der Waals surface area contributed by atoms with Gasteiger partial charge in [0.15, 0.2) is 5.84 Å². The molecule has 2 unspecified atom stereocenters. The summed E-state index contributed by atoms with van der Waals surface area (Å²) < 4.78 is 0. The Morgan fingerprint density at radius 1 is 0.554 bits per heavy atom. The van der Waals surface area contributed by atoms with Crippen LogP contribution in [0.25, 0.3) is 33.4 Å². The maximum Gasteiger partial charge on any atom is 0.159 e. The quantitative estimate of drug-likeness (QED) is 0.0945. The lowest BCUT2D eigenvalue weighted by molar-refractivity contribution is 0.711. The molecular formula is C78H64N4S. The van der Waals surface area contributed by atoms with Gasteiger partial charge in [-0.3, -0.25) is 0 Å². The van der Waals surface area contributed by atoms with Gasteiger partial charge in [-0.1, -0.05) is 227 Å². The molecule has 10 aromatic rings. The van der Waals surface area contributed by atoms with Gasteiger partial charge in [0.2, 0.25) is 0 Å². The Kier molecular flexibility index (Phi) is 13.5. The minimum absolute atomic E-state index is 0.176. The lowest BCUT2D eigenvalue weighted by Crippen LogP contribution is -2.40. The molecule has 5 heteroatoms. The van der Waals surface area contributed by atoms with E-state index in [1.54, 1.807) is 0 Å². The molecule has 2 heterocycles. The van der Waals surface area contributed by atoms with Crippen LogP contribution in [0, 0.1) is 12.8 Å². The number of aliphatic imine (C=N–C) groups is 2. The molecule has 14 rings (SSSR count). The molecule has 4 aliphatic rings. The Labute approximate surface area is 491 Å². The van der Waals surface area contributed by atoms with Crippen molar-refractivity contribution in [3.63, 3.8) is 0 Å². The van der Waals surface area contributed by atoms with Crippen molar-refractivity contribution in [2.45, 2.75) is 53.8 Å². The lowest BCUT2D eigenvalue weighted by atomic mass is 9.64. The molecule has 1 N–H and O–H groups in total. The number of rotatable bonds is 12. The molecule has 0 saturated heterocycles. The van der Waals surface area contributed by atoms with Crippen molar-refractivity contribution in [2.24, 2.45) is 15.9 Å². The number of hydrogen-bond donors (Lipinski definition) is 2. The molecule has 1 spiro atoms. The van der Waals surface area contributed by atoms with Gasteiger partial charge in [-0.25, -0.2) is 9.98 Å². The number of hydrogen-bond acceptors (Lipinski definition) is 4. The number of nitrogens with one attached hydrogen (secondary N) is 1. The summed E-state index contributed by atoms with van der Waals surface area (Å²) in [6, 6.07) is 94.5.